The zero-order valence-electron chi connectivity index (χ0n) is 12.4. The molecule has 3 aromatic rings. The highest BCUT2D eigenvalue weighted by molar-refractivity contribution is 7.78. The van der Waals surface area contributed by atoms with Gasteiger partial charge in [0.2, 0.25) is 0 Å². The summed E-state index contributed by atoms with van der Waals surface area (Å²) < 4.78 is 47.4. The maximum Gasteiger partial charge on any atom is 0.157 e. The van der Waals surface area contributed by atoms with Gasteiger partial charge in [-0.15, -0.1) is 0 Å². The third kappa shape index (κ3) is 3.55. The fourth-order valence-corrected chi connectivity index (χ4v) is 3.00. The molecule has 6 heteroatoms. The molecule has 1 unspecified atom stereocenters. The average Bonchev–Trinajstić information content (AvgIpc) is 2.56. The van der Waals surface area contributed by atoms with Crippen molar-refractivity contribution in [1.29, 1.82) is 0 Å². The van der Waals surface area contributed by atoms with Gasteiger partial charge in [-0.05, 0) is 41.0 Å². The van der Waals surface area contributed by atoms with Gasteiger partial charge >= 0.3 is 0 Å². The topological polar surface area (TPSA) is 50.2 Å². The zero-order valence-corrected chi connectivity index (χ0v) is 13.3. The smallest absolute Gasteiger partial charge is 0.157 e. The molecule has 0 aliphatic carbocycles. The summed E-state index contributed by atoms with van der Waals surface area (Å²) in [5.74, 6) is -1.19. The molecule has 3 nitrogen and oxygen atoms in total. The fourth-order valence-electron chi connectivity index (χ4n) is 2.50. The summed E-state index contributed by atoms with van der Waals surface area (Å²) in [6.07, 6.45) is 3.17. The minimum Gasteiger partial charge on any atom is -0.306 e. The van der Waals surface area contributed by atoms with Gasteiger partial charge in [0.25, 0.3) is 0 Å². The van der Waals surface area contributed by atoms with Crippen LogP contribution in [0.25, 0.3) is 22.3 Å². The van der Waals surface area contributed by atoms with Gasteiger partial charge in [-0.2, -0.15) is 0 Å². The van der Waals surface area contributed by atoms with Crippen molar-refractivity contribution in [2.24, 2.45) is 0 Å². The van der Waals surface area contributed by atoms with Crippen LogP contribution in [-0.2, 0) is 16.8 Å². The van der Waals surface area contributed by atoms with Crippen molar-refractivity contribution in [3.05, 3.63) is 78.1 Å². The summed E-state index contributed by atoms with van der Waals surface area (Å²) >= 11 is -2.11. The molecule has 1 N–H and O–H groups in total. The number of nitrogens with zero attached hydrogens (tertiary/aromatic N) is 1. The van der Waals surface area contributed by atoms with E-state index < -0.39 is 16.9 Å². The Morgan fingerprint density at radius 3 is 2.50 bits per heavy atom. The molecule has 0 bridgehead atoms. The lowest BCUT2D eigenvalue weighted by molar-refractivity contribution is 0.559. The molecule has 2 aromatic carbocycles. The lowest BCUT2D eigenvalue weighted by Gasteiger charge is -2.11. The molecule has 0 spiro atoms. The number of rotatable bonds is 4. The van der Waals surface area contributed by atoms with E-state index >= 15 is 0 Å². The lowest BCUT2D eigenvalue weighted by Crippen LogP contribution is -1.97. The van der Waals surface area contributed by atoms with Crippen LogP contribution in [0.2, 0.25) is 0 Å². The maximum atomic E-state index is 14.2. The first kappa shape index (κ1) is 16.4. The Labute approximate surface area is 140 Å². The van der Waals surface area contributed by atoms with Crippen LogP contribution >= 0.6 is 0 Å². The van der Waals surface area contributed by atoms with E-state index in [1.807, 2.05) is 0 Å². The SMILES string of the molecule is O=S(O)Cc1ccc(-c2cnccc2-c2cccc(F)c2)cc1F. The molecule has 1 aromatic heterocycles. The first-order valence-corrected chi connectivity index (χ1v) is 8.38. The van der Waals surface area contributed by atoms with E-state index in [1.54, 1.807) is 36.7 Å². The number of aromatic nitrogens is 1. The molecule has 0 saturated carbocycles. The van der Waals surface area contributed by atoms with Gasteiger partial charge in [0, 0.05) is 23.5 Å². The van der Waals surface area contributed by atoms with Crippen LogP contribution in [-0.4, -0.2) is 13.7 Å². The van der Waals surface area contributed by atoms with Crippen molar-refractivity contribution in [3.8, 4) is 22.3 Å². The van der Waals surface area contributed by atoms with Gasteiger partial charge in [0.15, 0.2) is 11.1 Å². The van der Waals surface area contributed by atoms with Crippen LogP contribution in [0.5, 0.6) is 0 Å². The first-order chi connectivity index (χ1) is 11.5. The minimum absolute atomic E-state index is 0.163. The maximum absolute atomic E-state index is 14.2. The zero-order chi connectivity index (χ0) is 17.1. The Morgan fingerprint density at radius 1 is 1.00 bits per heavy atom. The van der Waals surface area contributed by atoms with Crippen LogP contribution < -0.4 is 0 Å². The standard InChI is InChI=1S/C18H13F2NO2S/c19-15-3-1-2-12(8-15)16-6-7-21-10-17(16)13-4-5-14(11-24(22)23)18(20)9-13/h1-10H,11H2,(H,22,23). The lowest BCUT2D eigenvalue weighted by atomic mass is 9.96. The summed E-state index contributed by atoms with van der Waals surface area (Å²) in [5, 5.41) is 0. The first-order valence-electron chi connectivity index (χ1n) is 7.11. The molecule has 0 aliphatic rings. The van der Waals surface area contributed by atoms with Crippen LogP contribution in [0.4, 0.5) is 8.78 Å². The molecule has 24 heavy (non-hydrogen) atoms. The van der Waals surface area contributed by atoms with E-state index in [4.69, 9.17) is 4.55 Å². The van der Waals surface area contributed by atoms with E-state index in [0.717, 1.165) is 5.56 Å². The second kappa shape index (κ2) is 6.98. The van der Waals surface area contributed by atoms with Gasteiger partial charge in [-0.1, -0.05) is 24.3 Å². The highest BCUT2D eigenvalue weighted by Gasteiger charge is 2.12. The highest BCUT2D eigenvalue weighted by Crippen LogP contribution is 2.32. The number of halogens is 2. The molecule has 1 atom stereocenters. The summed E-state index contributed by atoms with van der Waals surface area (Å²) in [4.78, 5) is 4.07. The van der Waals surface area contributed by atoms with Crippen LogP contribution in [0.15, 0.2) is 60.9 Å². The van der Waals surface area contributed by atoms with Gasteiger partial charge in [-0.3, -0.25) is 4.98 Å². The molecule has 1 heterocycles. The van der Waals surface area contributed by atoms with Crippen molar-refractivity contribution in [1.82, 2.24) is 4.98 Å². The highest BCUT2D eigenvalue weighted by atomic mass is 32.2. The molecule has 122 valence electrons. The predicted octanol–water partition coefficient (Wildman–Crippen LogP) is 4.42. The van der Waals surface area contributed by atoms with Gasteiger partial charge in [0.1, 0.15) is 11.6 Å². The molecule has 3 rings (SSSR count). The molecular weight excluding hydrogens is 332 g/mol. The van der Waals surface area contributed by atoms with Crippen LogP contribution in [0.3, 0.4) is 0 Å². The predicted molar refractivity (Wildman–Crippen MR) is 89.5 cm³/mol. The van der Waals surface area contributed by atoms with E-state index in [1.165, 1.54) is 24.3 Å². The Bertz CT molecular complexity index is 915. The second-order valence-corrected chi connectivity index (χ2v) is 6.14. The number of pyridine rings is 1. The van der Waals surface area contributed by atoms with E-state index in [9.17, 15) is 13.0 Å². The summed E-state index contributed by atoms with van der Waals surface area (Å²) in [5.41, 5.74) is 2.76. The Kier molecular flexibility index (Phi) is 4.78. The van der Waals surface area contributed by atoms with E-state index in [2.05, 4.69) is 4.98 Å². The van der Waals surface area contributed by atoms with Crippen LogP contribution in [0, 0.1) is 11.6 Å². The normalized spacial score (nSPS) is 12.1. The summed E-state index contributed by atoms with van der Waals surface area (Å²) in [7, 11) is 0. The van der Waals surface area contributed by atoms with Crippen molar-refractivity contribution in [2.75, 3.05) is 0 Å². The van der Waals surface area contributed by atoms with Crippen LogP contribution in [0.1, 0.15) is 5.56 Å². The largest absolute Gasteiger partial charge is 0.306 e. The van der Waals surface area contributed by atoms with Crippen molar-refractivity contribution < 1.29 is 17.5 Å². The molecule has 0 radical (unpaired) electrons. The Balaban J connectivity index is 2.08. The Hall–Kier alpha value is -2.44. The fraction of sp³-hybridized carbons (Fsp3) is 0.0556. The number of hydrogen-bond acceptors (Lipinski definition) is 2. The molecular formula is C18H13F2NO2S. The molecule has 0 fully saturated rings. The molecule has 0 aliphatic heterocycles. The van der Waals surface area contributed by atoms with Crippen molar-refractivity contribution in [2.45, 2.75) is 5.75 Å². The molecule has 0 saturated heterocycles. The number of hydrogen-bond donors (Lipinski definition) is 1. The van der Waals surface area contributed by atoms with Gasteiger partial charge < -0.3 is 4.55 Å². The summed E-state index contributed by atoms with van der Waals surface area (Å²) in [6.45, 7) is 0. The quantitative estimate of drug-likeness (QED) is 0.712. The van der Waals surface area contributed by atoms with Crippen molar-refractivity contribution >= 4 is 11.1 Å². The van der Waals surface area contributed by atoms with Gasteiger partial charge in [0.05, 0.1) is 5.75 Å². The van der Waals surface area contributed by atoms with E-state index in [-0.39, 0.29) is 17.1 Å². The monoisotopic (exact) mass is 345 g/mol. The third-order valence-corrected chi connectivity index (χ3v) is 4.16. The Morgan fingerprint density at radius 2 is 1.79 bits per heavy atom. The third-order valence-electron chi connectivity index (χ3n) is 3.60. The number of benzene rings is 2. The summed E-state index contributed by atoms with van der Waals surface area (Å²) in [6, 6.07) is 12.3. The van der Waals surface area contributed by atoms with E-state index in [0.29, 0.717) is 16.7 Å². The van der Waals surface area contributed by atoms with Crippen molar-refractivity contribution in [3.63, 3.8) is 0 Å². The van der Waals surface area contributed by atoms with Gasteiger partial charge in [-0.25, -0.2) is 13.0 Å². The second-order valence-electron chi connectivity index (χ2n) is 5.20. The molecule has 0 amide bonds. The minimum atomic E-state index is -2.11. The average molecular weight is 345 g/mol.